The molecule has 218 valence electrons. The molecule has 0 aliphatic heterocycles. The Hall–Kier alpha value is -4.37. The Bertz CT molecular complexity index is 1300. The summed E-state index contributed by atoms with van der Waals surface area (Å²) in [6.45, 7) is 10.2. The van der Waals surface area contributed by atoms with Crippen LogP contribution in [0.2, 0.25) is 0 Å². The molecule has 0 bridgehead atoms. The van der Waals surface area contributed by atoms with Crippen molar-refractivity contribution in [3.63, 3.8) is 0 Å². The van der Waals surface area contributed by atoms with Crippen LogP contribution in [0.5, 0.6) is 11.5 Å². The van der Waals surface area contributed by atoms with Crippen LogP contribution < -0.4 is 20.2 Å². The van der Waals surface area contributed by atoms with Gasteiger partial charge in [-0.05, 0) is 69.5 Å². The van der Waals surface area contributed by atoms with E-state index in [1.54, 1.807) is 32.9 Å². The molecule has 1 atom stereocenters. The number of carbonyl (C=O) groups excluding carboxylic acids is 2. The molecule has 0 saturated heterocycles. The highest BCUT2D eigenvalue weighted by Crippen LogP contribution is 2.29. The van der Waals surface area contributed by atoms with Crippen molar-refractivity contribution < 1.29 is 28.5 Å². The molecule has 0 radical (unpaired) electrons. The van der Waals surface area contributed by atoms with Crippen LogP contribution in [0, 0.1) is 6.92 Å². The largest absolute Gasteiger partial charge is 0.490 e. The second-order valence-corrected chi connectivity index (χ2v) is 10.4. The average molecular weight is 562 g/mol. The number of nitrogens with zero attached hydrogens (tertiary/aromatic N) is 1. The van der Waals surface area contributed by atoms with E-state index in [9.17, 15) is 9.59 Å². The van der Waals surface area contributed by atoms with Crippen LogP contribution >= 0.6 is 0 Å². The zero-order valence-electron chi connectivity index (χ0n) is 24.3. The quantitative estimate of drug-likeness (QED) is 0.210. The Morgan fingerprint density at radius 1 is 0.902 bits per heavy atom. The molecule has 0 saturated carbocycles. The van der Waals surface area contributed by atoms with Crippen molar-refractivity contribution in [1.29, 1.82) is 0 Å². The Balaban J connectivity index is 1.63. The standard InChI is InChI=1S/C32H39N3O6/c1-6-39-29-18-25(15-16-28(29)40-21-26-14-10-11-23(2)17-26)19-33-35-30(36)27(34-31(37)41-32(3,4)5)22-38-20-24-12-8-7-9-13-24/h7-19,27H,6,20-22H2,1-5H3,(H,34,37)(H,35,36)/b33-19-/t27-/m0/s1. The summed E-state index contributed by atoms with van der Waals surface area (Å²) in [4.78, 5) is 25.3. The summed E-state index contributed by atoms with van der Waals surface area (Å²) in [5.74, 6) is 0.615. The second kappa shape index (κ2) is 15.4. The molecule has 2 amide bonds. The van der Waals surface area contributed by atoms with Crippen LogP contribution in [0.3, 0.4) is 0 Å². The molecule has 0 spiro atoms. The Morgan fingerprint density at radius 2 is 1.66 bits per heavy atom. The van der Waals surface area contributed by atoms with E-state index in [-0.39, 0.29) is 13.2 Å². The molecular weight excluding hydrogens is 522 g/mol. The van der Waals surface area contributed by atoms with Gasteiger partial charge in [-0.15, -0.1) is 0 Å². The molecule has 2 N–H and O–H groups in total. The maximum absolute atomic E-state index is 12.9. The molecule has 0 aromatic heterocycles. The number of amides is 2. The monoisotopic (exact) mass is 561 g/mol. The fourth-order valence-electron chi connectivity index (χ4n) is 3.71. The highest BCUT2D eigenvalue weighted by atomic mass is 16.6. The first-order chi connectivity index (χ1) is 19.6. The van der Waals surface area contributed by atoms with Gasteiger partial charge in [-0.25, -0.2) is 10.2 Å². The summed E-state index contributed by atoms with van der Waals surface area (Å²) in [5, 5.41) is 6.64. The predicted octanol–water partition coefficient (Wildman–Crippen LogP) is 5.53. The highest BCUT2D eigenvalue weighted by Gasteiger charge is 2.24. The minimum Gasteiger partial charge on any atom is -0.490 e. The van der Waals surface area contributed by atoms with E-state index >= 15 is 0 Å². The first-order valence-corrected chi connectivity index (χ1v) is 13.5. The van der Waals surface area contributed by atoms with Crippen molar-refractivity contribution in [3.8, 4) is 11.5 Å². The number of ether oxygens (including phenoxy) is 4. The zero-order valence-corrected chi connectivity index (χ0v) is 24.3. The van der Waals surface area contributed by atoms with E-state index in [0.29, 0.717) is 30.3 Å². The third kappa shape index (κ3) is 11.3. The van der Waals surface area contributed by atoms with Gasteiger partial charge in [-0.3, -0.25) is 4.79 Å². The van der Waals surface area contributed by atoms with E-state index in [1.165, 1.54) is 6.21 Å². The van der Waals surface area contributed by atoms with E-state index in [4.69, 9.17) is 18.9 Å². The van der Waals surface area contributed by atoms with E-state index in [2.05, 4.69) is 21.9 Å². The number of alkyl carbamates (subject to hydrolysis) is 1. The van der Waals surface area contributed by atoms with Gasteiger partial charge in [-0.1, -0.05) is 60.2 Å². The zero-order chi connectivity index (χ0) is 29.7. The lowest BCUT2D eigenvalue weighted by Gasteiger charge is -2.22. The van der Waals surface area contributed by atoms with Crippen molar-refractivity contribution in [2.45, 2.75) is 59.5 Å². The Kier molecular flexibility index (Phi) is 11.7. The van der Waals surface area contributed by atoms with E-state index in [1.807, 2.05) is 68.4 Å². The van der Waals surface area contributed by atoms with Gasteiger partial charge in [0.1, 0.15) is 18.2 Å². The lowest BCUT2D eigenvalue weighted by atomic mass is 10.1. The van der Waals surface area contributed by atoms with Gasteiger partial charge >= 0.3 is 6.09 Å². The van der Waals surface area contributed by atoms with Crippen LogP contribution in [-0.2, 0) is 27.5 Å². The lowest BCUT2D eigenvalue weighted by Crippen LogP contribution is -2.49. The highest BCUT2D eigenvalue weighted by molar-refractivity contribution is 5.87. The number of benzene rings is 3. The van der Waals surface area contributed by atoms with Gasteiger partial charge in [-0.2, -0.15) is 5.10 Å². The summed E-state index contributed by atoms with van der Waals surface area (Å²) in [5.41, 5.74) is 5.61. The molecular formula is C32H39N3O6. The van der Waals surface area contributed by atoms with Gasteiger partial charge in [0.15, 0.2) is 11.5 Å². The normalized spacial score (nSPS) is 12.0. The molecule has 0 aliphatic carbocycles. The summed E-state index contributed by atoms with van der Waals surface area (Å²) in [6.07, 6.45) is 0.757. The molecule has 0 fully saturated rings. The number of rotatable bonds is 13. The van der Waals surface area contributed by atoms with Crippen molar-refractivity contribution in [2.24, 2.45) is 5.10 Å². The molecule has 9 heteroatoms. The summed E-state index contributed by atoms with van der Waals surface area (Å²) >= 11 is 0. The third-order valence-electron chi connectivity index (χ3n) is 5.54. The van der Waals surface area contributed by atoms with Crippen LogP contribution in [0.25, 0.3) is 0 Å². The van der Waals surface area contributed by atoms with Gasteiger partial charge < -0.3 is 24.3 Å². The number of hydrazone groups is 1. The van der Waals surface area contributed by atoms with Gasteiger partial charge in [0, 0.05) is 0 Å². The van der Waals surface area contributed by atoms with Crippen molar-refractivity contribution in [1.82, 2.24) is 10.7 Å². The molecule has 3 rings (SSSR count). The van der Waals surface area contributed by atoms with E-state index in [0.717, 1.165) is 16.7 Å². The van der Waals surface area contributed by atoms with Gasteiger partial charge in [0.05, 0.1) is 26.0 Å². The van der Waals surface area contributed by atoms with Crippen molar-refractivity contribution >= 4 is 18.2 Å². The summed E-state index contributed by atoms with van der Waals surface area (Å²) < 4.78 is 22.8. The number of nitrogens with one attached hydrogen (secondary N) is 2. The average Bonchev–Trinajstić information content (AvgIpc) is 2.92. The third-order valence-corrected chi connectivity index (χ3v) is 5.54. The predicted molar refractivity (Wildman–Crippen MR) is 158 cm³/mol. The minimum atomic E-state index is -1.03. The minimum absolute atomic E-state index is 0.0725. The van der Waals surface area contributed by atoms with Crippen LogP contribution in [0.15, 0.2) is 77.9 Å². The molecule has 9 nitrogen and oxygen atoms in total. The number of hydrogen-bond acceptors (Lipinski definition) is 7. The number of hydrogen-bond donors (Lipinski definition) is 2. The first kappa shape index (κ1) is 31.2. The van der Waals surface area contributed by atoms with Gasteiger partial charge in [0.25, 0.3) is 5.91 Å². The molecule has 0 aliphatic rings. The van der Waals surface area contributed by atoms with Crippen LogP contribution in [0.1, 0.15) is 49.9 Å². The topological polar surface area (TPSA) is 107 Å². The molecule has 3 aromatic carbocycles. The molecule has 0 heterocycles. The molecule has 0 unspecified atom stereocenters. The molecule has 41 heavy (non-hydrogen) atoms. The second-order valence-electron chi connectivity index (χ2n) is 10.4. The Morgan fingerprint density at radius 3 is 2.37 bits per heavy atom. The van der Waals surface area contributed by atoms with E-state index < -0.39 is 23.6 Å². The number of aryl methyl sites for hydroxylation is 1. The molecule has 3 aromatic rings. The van der Waals surface area contributed by atoms with Crippen LogP contribution in [-0.4, -0.2) is 43.1 Å². The fraction of sp³-hybridized carbons (Fsp3) is 0.344. The summed E-state index contributed by atoms with van der Waals surface area (Å²) in [6, 6.07) is 22.0. The SMILES string of the molecule is CCOc1cc(/C=N\NC(=O)[C@H](COCc2ccccc2)NC(=O)OC(C)(C)C)ccc1OCc1cccc(C)c1. The summed E-state index contributed by atoms with van der Waals surface area (Å²) in [7, 11) is 0. The van der Waals surface area contributed by atoms with Crippen molar-refractivity contribution in [2.75, 3.05) is 13.2 Å². The maximum Gasteiger partial charge on any atom is 0.408 e. The van der Waals surface area contributed by atoms with Crippen molar-refractivity contribution in [3.05, 3.63) is 95.1 Å². The number of carbonyl (C=O) groups is 2. The smallest absolute Gasteiger partial charge is 0.408 e. The fourth-order valence-corrected chi connectivity index (χ4v) is 3.71. The first-order valence-electron chi connectivity index (χ1n) is 13.5. The van der Waals surface area contributed by atoms with Crippen LogP contribution in [0.4, 0.5) is 4.79 Å². The maximum atomic E-state index is 12.9. The lowest BCUT2D eigenvalue weighted by molar-refractivity contribution is -0.124. The van der Waals surface area contributed by atoms with Gasteiger partial charge in [0.2, 0.25) is 0 Å². The Labute approximate surface area is 241 Å².